The molecule has 2 heterocycles. The lowest BCUT2D eigenvalue weighted by atomic mass is 9.49. The smallest absolute Gasteiger partial charge is 0.226 e. The van der Waals surface area contributed by atoms with Crippen LogP contribution in [-0.2, 0) is 11.3 Å². The Morgan fingerprint density at radius 2 is 2.17 bits per heavy atom. The van der Waals surface area contributed by atoms with Crippen LogP contribution in [0.2, 0.25) is 0 Å². The second-order valence-electron chi connectivity index (χ2n) is 7.90. The molecule has 4 nitrogen and oxygen atoms in total. The van der Waals surface area contributed by atoms with Crippen LogP contribution in [0.1, 0.15) is 44.2 Å². The number of amides is 1. The van der Waals surface area contributed by atoms with E-state index in [0.29, 0.717) is 6.54 Å². The van der Waals surface area contributed by atoms with Gasteiger partial charge < -0.3 is 5.32 Å². The molecule has 0 aromatic carbocycles. The molecule has 6 rings (SSSR count). The van der Waals surface area contributed by atoms with Crippen molar-refractivity contribution in [1.82, 2.24) is 14.7 Å². The minimum Gasteiger partial charge on any atom is -0.350 e. The van der Waals surface area contributed by atoms with E-state index in [1.807, 2.05) is 22.2 Å². The van der Waals surface area contributed by atoms with Crippen molar-refractivity contribution in [3.63, 3.8) is 0 Å². The highest BCUT2D eigenvalue weighted by Gasteiger charge is 2.59. The molecule has 2 atom stereocenters. The van der Waals surface area contributed by atoms with Gasteiger partial charge in [-0.15, -0.1) is 11.3 Å². The lowest BCUT2D eigenvalue weighted by Gasteiger charge is -2.59. The highest BCUT2D eigenvalue weighted by atomic mass is 79.9. The molecule has 1 N–H and O–H groups in total. The van der Waals surface area contributed by atoms with Crippen molar-refractivity contribution in [2.45, 2.75) is 49.4 Å². The zero-order chi connectivity index (χ0) is 15.7. The van der Waals surface area contributed by atoms with Crippen molar-refractivity contribution in [2.24, 2.45) is 17.3 Å². The molecule has 2 unspecified atom stereocenters. The quantitative estimate of drug-likeness (QED) is 0.807. The van der Waals surface area contributed by atoms with Gasteiger partial charge in [0.25, 0.3) is 0 Å². The van der Waals surface area contributed by atoms with Crippen LogP contribution < -0.4 is 5.32 Å². The first-order valence-electron chi connectivity index (χ1n) is 8.42. The van der Waals surface area contributed by atoms with Crippen molar-refractivity contribution in [3.8, 4) is 0 Å². The summed E-state index contributed by atoms with van der Waals surface area (Å²) in [5.74, 6) is 1.73. The normalized spacial score (nSPS) is 38.3. The van der Waals surface area contributed by atoms with E-state index in [-0.39, 0.29) is 15.6 Å². The Hall–Kier alpha value is -0.880. The molecule has 4 aliphatic carbocycles. The van der Waals surface area contributed by atoms with E-state index in [0.717, 1.165) is 41.8 Å². The van der Waals surface area contributed by atoms with Gasteiger partial charge in [0.05, 0.1) is 17.7 Å². The van der Waals surface area contributed by atoms with Crippen molar-refractivity contribution < 1.29 is 4.79 Å². The fourth-order valence-electron chi connectivity index (χ4n) is 5.64. The van der Waals surface area contributed by atoms with Crippen LogP contribution in [0, 0.1) is 17.3 Å². The standard InChI is InChI=1S/C17H20BrN3OS/c18-17-6-11-3-12(7-17)5-16(4-11,10-17)14(22)19-8-13-9-21-1-2-23-15(21)20-13/h1-2,9,11-12H,3-8,10H2,(H,19,22). The van der Waals surface area contributed by atoms with Gasteiger partial charge in [0.1, 0.15) is 0 Å². The maximum atomic E-state index is 13.0. The van der Waals surface area contributed by atoms with Crippen LogP contribution in [0.25, 0.3) is 4.96 Å². The van der Waals surface area contributed by atoms with Gasteiger partial charge in [-0.1, -0.05) is 15.9 Å². The molecule has 2 aromatic rings. The summed E-state index contributed by atoms with van der Waals surface area (Å²) in [6.45, 7) is 0.541. The number of thiazole rings is 1. The average molecular weight is 394 g/mol. The summed E-state index contributed by atoms with van der Waals surface area (Å²) in [5, 5.41) is 5.22. The molecule has 4 bridgehead atoms. The zero-order valence-corrected chi connectivity index (χ0v) is 15.3. The molecule has 122 valence electrons. The van der Waals surface area contributed by atoms with Gasteiger partial charge >= 0.3 is 0 Å². The van der Waals surface area contributed by atoms with Gasteiger partial charge in [-0.05, 0) is 50.4 Å². The maximum Gasteiger partial charge on any atom is 0.226 e. The molecule has 0 saturated heterocycles. The van der Waals surface area contributed by atoms with Crippen LogP contribution >= 0.6 is 27.3 Å². The van der Waals surface area contributed by atoms with Crippen LogP contribution in [0.15, 0.2) is 17.8 Å². The largest absolute Gasteiger partial charge is 0.350 e. The molecule has 0 radical (unpaired) electrons. The Kier molecular flexibility index (Phi) is 3.03. The molecular formula is C17H20BrN3OS. The number of rotatable bonds is 3. The van der Waals surface area contributed by atoms with Crippen molar-refractivity contribution in [2.75, 3.05) is 0 Å². The van der Waals surface area contributed by atoms with Crippen molar-refractivity contribution in [1.29, 1.82) is 0 Å². The van der Waals surface area contributed by atoms with Crippen molar-refractivity contribution in [3.05, 3.63) is 23.5 Å². The van der Waals surface area contributed by atoms with Crippen LogP contribution in [-0.4, -0.2) is 19.6 Å². The summed E-state index contributed by atoms with van der Waals surface area (Å²) >= 11 is 5.60. The number of carbonyl (C=O) groups excluding carboxylic acids is 1. The predicted octanol–water partition coefficient (Wildman–Crippen LogP) is 3.75. The number of hydrogen-bond donors (Lipinski definition) is 1. The molecule has 0 aliphatic heterocycles. The Balaban J connectivity index is 1.33. The molecular weight excluding hydrogens is 374 g/mol. The summed E-state index contributed by atoms with van der Waals surface area (Å²) in [7, 11) is 0. The van der Waals surface area contributed by atoms with Crippen molar-refractivity contribution >= 4 is 38.1 Å². The van der Waals surface area contributed by atoms with Gasteiger partial charge in [-0.2, -0.15) is 0 Å². The second-order valence-corrected chi connectivity index (χ2v) is 10.5. The number of halogens is 1. The predicted molar refractivity (Wildman–Crippen MR) is 93.7 cm³/mol. The number of fused-ring (bicyclic) bond motifs is 1. The molecule has 6 heteroatoms. The molecule has 4 fully saturated rings. The number of nitrogens with zero attached hydrogens (tertiary/aromatic N) is 2. The first kappa shape index (κ1) is 14.5. The summed E-state index contributed by atoms with van der Waals surface area (Å²) in [6.07, 6.45) is 11.0. The third kappa shape index (κ3) is 2.29. The third-order valence-electron chi connectivity index (χ3n) is 6.04. The second kappa shape index (κ2) is 4.82. The summed E-state index contributed by atoms with van der Waals surface area (Å²) in [4.78, 5) is 18.6. The van der Waals surface area contributed by atoms with E-state index in [9.17, 15) is 4.79 Å². The molecule has 1 amide bonds. The lowest BCUT2D eigenvalue weighted by molar-refractivity contribution is -0.144. The summed E-state index contributed by atoms with van der Waals surface area (Å²) in [5.41, 5.74) is 0.813. The number of aromatic nitrogens is 2. The minimum atomic E-state index is -0.134. The number of hydrogen-bond acceptors (Lipinski definition) is 3. The van der Waals surface area contributed by atoms with Gasteiger partial charge in [0.15, 0.2) is 4.96 Å². The lowest BCUT2D eigenvalue weighted by Crippen LogP contribution is -2.58. The van der Waals surface area contributed by atoms with E-state index >= 15 is 0 Å². The van der Waals surface area contributed by atoms with E-state index < -0.39 is 0 Å². The number of nitrogens with one attached hydrogen (secondary N) is 1. The number of imidazole rings is 1. The van der Waals surface area contributed by atoms with E-state index in [4.69, 9.17) is 0 Å². The first-order chi connectivity index (χ1) is 11.0. The Bertz CT molecular complexity index is 739. The van der Waals surface area contributed by atoms with E-state index in [1.54, 1.807) is 11.3 Å². The zero-order valence-electron chi connectivity index (χ0n) is 12.9. The third-order valence-corrected chi connectivity index (χ3v) is 7.74. The molecule has 4 saturated carbocycles. The maximum absolute atomic E-state index is 13.0. The topological polar surface area (TPSA) is 46.4 Å². The minimum absolute atomic E-state index is 0.134. The van der Waals surface area contributed by atoms with Gasteiger partial charge in [-0.25, -0.2) is 4.98 Å². The van der Waals surface area contributed by atoms with Gasteiger partial charge in [0, 0.05) is 22.1 Å². The molecule has 0 spiro atoms. The summed E-state index contributed by atoms with van der Waals surface area (Å²) in [6, 6.07) is 0. The van der Waals surface area contributed by atoms with Crippen LogP contribution in [0.3, 0.4) is 0 Å². The van der Waals surface area contributed by atoms with Crippen LogP contribution in [0.4, 0.5) is 0 Å². The summed E-state index contributed by atoms with van der Waals surface area (Å²) < 4.78 is 2.25. The monoisotopic (exact) mass is 393 g/mol. The fourth-order valence-corrected chi connectivity index (χ4v) is 7.81. The molecule has 2 aromatic heterocycles. The van der Waals surface area contributed by atoms with Gasteiger partial charge in [-0.3, -0.25) is 9.20 Å². The Morgan fingerprint density at radius 3 is 2.87 bits per heavy atom. The van der Waals surface area contributed by atoms with Crippen LogP contribution in [0.5, 0.6) is 0 Å². The number of alkyl halides is 1. The van der Waals surface area contributed by atoms with E-state index in [1.165, 1.54) is 19.3 Å². The molecule has 4 aliphatic rings. The SMILES string of the molecule is O=C(NCc1cn2ccsc2n1)C12CC3CC(CC(Br)(C3)C1)C2. The van der Waals surface area contributed by atoms with E-state index in [2.05, 4.69) is 26.2 Å². The average Bonchev–Trinajstić information content (AvgIpc) is 3.02. The number of carbonyl (C=O) groups is 1. The Labute approximate surface area is 147 Å². The fraction of sp³-hybridized carbons (Fsp3) is 0.647. The van der Waals surface area contributed by atoms with Gasteiger partial charge in [0.2, 0.25) is 5.91 Å². The Morgan fingerprint density at radius 1 is 1.39 bits per heavy atom. The highest BCUT2D eigenvalue weighted by molar-refractivity contribution is 9.10. The first-order valence-corrected chi connectivity index (χ1v) is 10.1. The molecule has 23 heavy (non-hydrogen) atoms. The highest BCUT2D eigenvalue weighted by Crippen LogP contribution is 2.64.